The largest absolute Gasteiger partial charge is 0.481 e. The smallest absolute Gasteiger partial charge is 0.309 e. The van der Waals surface area contributed by atoms with Gasteiger partial charge in [-0.05, 0) is 101 Å². The Morgan fingerprint density at radius 1 is 0.917 bits per heavy atom. The predicted molar refractivity (Wildman–Crippen MR) is 130 cm³/mol. The van der Waals surface area contributed by atoms with E-state index >= 15 is 0 Å². The molecule has 0 aromatic heterocycles. The first-order chi connectivity index (χ1) is 16.8. The fourth-order valence-electron chi connectivity index (χ4n) is 10.3. The van der Waals surface area contributed by atoms with E-state index in [1.807, 2.05) is 20.8 Å². The number of ether oxygens (including phenoxy) is 2. The number of carbonyl (C=O) groups excluding carboxylic acids is 2. The molecular formula is C29H42O7. The molecule has 7 aliphatic carbocycles. The van der Waals surface area contributed by atoms with E-state index in [0.29, 0.717) is 55.8 Å². The number of aliphatic carboxylic acids is 1. The highest BCUT2D eigenvalue weighted by molar-refractivity contribution is 5.77. The van der Waals surface area contributed by atoms with Crippen molar-refractivity contribution in [2.24, 2.45) is 46.8 Å². The molecule has 0 aromatic carbocycles. The molecule has 9 atom stereocenters. The Hall–Kier alpha value is -1.63. The van der Waals surface area contributed by atoms with E-state index in [0.717, 1.165) is 44.9 Å². The Balaban J connectivity index is 1.07. The summed E-state index contributed by atoms with van der Waals surface area (Å²) in [7, 11) is 0. The van der Waals surface area contributed by atoms with Crippen molar-refractivity contribution in [2.75, 3.05) is 0 Å². The molecular weight excluding hydrogens is 460 g/mol. The zero-order chi connectivity index (χ0) is 25.7. The van der Waals surface area contributed by atoms with Gasteiger partial charge in [0.15, 0.2) is 0 Å². The Bertz CT molecular complexity index is 957. The van der Waals surface area contributed by atoms with E-state index in [-0.39, 0.29) is 17.9 Å². The molecule has 0 amide bonds. The summed E-state index contributed by atoms with van der Waals surface area (Å²) in [6, 6.07) is 0. The lowest BCUT2D eigenvalue weighted by Gasteiger charge is -2.59. The van der Waals surface area contributed by atoms with Crippen molar-refractivity contribution in [3.05, 3.63) is 0 Å². The van der Waals surface area contributed by atoms with Gasteiger partial charge in [0, 0.05) is 12.3 Å². The van der Waals surface area contributed by atoms with Crippen LogP contribution in [0.25, 0.3) is 0 Å². The zero-order valence-corrected chi connectivity index (χ0v) is 22.0. The Morgan fingerprint density at radius 3 is 2.19 bits per heavy atom. The summed E-state index contributed by atoms with van der Waals surface area (Å²) in [5.74, 6) is -0.333. The highest BCUT2D eigenvalue weighted by Crippen LogP contribution is 2.65. The third-order valence-electron chi connectivity index (χ3n) is 11.3. The third-order valence-corrected chi connectivity index (χ3v) is 11.3. The van der Waals surface area contributed by atoms with Crippen LogP contribution in [0.2, 0.25) is 0 Å². The van der Waals surface area contributed by atoms with Crippen molar-refractivity contribution in [3.63, 3.8) is 0 Å². The molecule has 36 heavy (non-hydrogen) atoms. The Labute approximate surface area is 213 Å². The minimum absolute atomic E-state index is 0.238. The van der Waals surface area contributed by atoms with Crippen molar-refractivity contribution in [1.29, 1.82) is 0 Å². The normalized spacial score (nSPS) is 49.5. The molecule has 2 N–H and O–H groups in total. The number of hydrogen-bond donors (Lipinski definition) is 2. The molecule has 9 unspecified atom stereocenters. The second-order valence-corrected chi connectivity index (χ2v) is 14.4. The summed E-state index contributed by atoms with van der Waals surface area (Å²) in [5, 5.41) is 20.6. The van der Waals surface area contributed by atoms with Crippen molar-refractivity contribution >= 4 is 17.9 Å². The summed E-state index contributed by atoms with van der Waals surface area (Å²) < 4.78 is 12.4. The van der Waals surface area contributed by atoms with Crippen LogP contribution in [0.1, 0.15) is 97.8 Å². The van der Waals surface area contributed by atoms with E-state index in [4.69, 9.17) is 9.47 Å². The topological polar surface area (TPSA) is 110 Å². The molecule has 0 heterocycles. The van der Waals surface area contributed by atoms with Crippen LogP contribution in [0.3, 0.4) is 0 Å². The Kier molecular flexibility index (Phi) is 5.44. The number of hydrogen-bond acceptors (Lipinski definition) is 6. The van der Waals surface area contributed by atoms with Crippen LogP contribution in [-0.2, 0) is 23.9 Å². The number of fused-ring (bicyclic) bond motifs is 5. The number of carboxylic acid groups (broad SMARTS) is 1. The fraction of sp³-hybridized carbons (Fsp3) is 0.897. The maximum atomic E-state index is 13.2. The lowest BCUT2D eigenvalue weighted by Crippen LogP contribution is -2.60. The first-order valence-electron chi connectivity index (χ1n) is 14.2. The number of esters is 2. The van der Waals surface area contributed by atoms with Gasteiger partial charge in [-0.2, -0.15) is 0 Å². The van der Waals surface area contributed by atoms with E-state index < -0.39 is 40.0 Å². The van der Waals surface area contributed by atoms with Gasteiger partial charge in [0.05, 0.1) is 22.9 Å². The highest BCUT2D eigenvalue weighted by Gasteiger charge is 2.65. The van der Waals surface area contributed by atoms with Gasteiger partial charge in [-0.25, -0.2) is 0 Å². The summed E-state index contributed by atoms with van der Waals surface area (Å²) in [6.45, 7) is 5.54. The van der Waals surface area contributed by atoms with Gasteiger partial charge in [-0.3, -0.25) is 14.4 Å². The quantitative estimate of drug-likeness (QED) is 0.494. The average Bonchev–Trinajstić information content (AvgIpc) is 3.40. The van der Waals surface area contributed by atoms with Gasteiger partial charge in [0.1, 0.15) is 11.2 Å². The zero-order valence-electron chi connectivity index (χ0n) is 22.0. The monoisotopic (exact) mass is 502 g/mol. The maximum absolute atomic E-state index is 13.2. The van der Waals surface area contributed by atoms with Crippen LogP contribution < -0.4 is 0 Å². The molecule has 0 aromatic rings. The number of rotatable bonds is 7. The van der Waals surface area contributed by atoms with E-state index in [1.54, 1.807) is 0 Å². The minimum Gasteiger partial charge on any atom is -0.481 e. The van der Waals surface area contributed by atoms with Gasteiger partial charge in [0.2, 0.25) is 0 Å². The van der Waals surface area contributed by atoms with Crippen LogP contribution in [0.4, 0.5) is 0 Å². The molecule has 200 valence electrons. The number of carbonyl (C=O) groups is 3. The molecule has 7 aliphatic rings. The SMILES string of the molecule is CC(CC(C)C(=O)OC12CCC(C1)C1CC(C)(O)CC12)C(=O)OC12CC3CC(C1)CC(C(=O)O)(C3)C2. The summed E-state index contributed by atoms with van der Waals surface area (Å²) in [6.07, 6.45) is 9.11. The van der Waals surface area contributed by atoms with Crippen LogP contribution in [0.5, 0.6) is 0 Å². The van der Waals surface area contributed by atoms with Gasteiger partial charge in [0.25, 0.3) is 0 Å². The Morgan fingerprint density at radius 2 is 1.56 bits per heavy atom. The summed E-state index contributed by atoms with van der Waals surface area (Å²) in [4.78, 5) is 38.5. The predicted octanol–water partition coefficient (Wildman–Crippen LogP) is 4.49. The van der Waals surface area contributed by atoms with Crippen molar-refractivity contribution < 1.29 is 34.1 Å². The van der Waals surface area contributed by atoms with Crippen LogP contribution >= 0.6 is 0 Å². The summed E-state index contributed by atoms with van der Waals surface area (Å²) >= 11 is 0. The van der Waals surface area contributed by atoms with E-state index in [9.17, 15) is 24.6 Å². The molecule has 7 nitrogen and oxygen atoms in total. The van der Waals surface area contributed by atoms with Gasteiger partial charge >= 0.3 is 17.9 Å². The molecule has 0 radical (unpaired) electrons. The number of aliphatic hydroxyl groups is 1. The molecule has 7 heteroatoms. The minimum atomic E-state index is -0.743. The van der Waals surface area contributed by atoms with Crippen LogP contribution in [0, 0.1) is 46.8 Å². The molecule has 0 spiro atoms. The standard InChI is InChI=1S/C29H42O7/c1-16(23(30)35-28-10-18-7-19(11-28)9-27(8-18,15-28)25(32)33)6-17(2)24(31)36-29-5-4-20(12-29)21-13-26(3,34)14-22(21)29/h16-22,34H,4-15H2,1-3H3,(H,32,33). The molecule has 7 fully saturated rings. The molecule has 7 rings (SSSR count). The van der Waals surface area contributed by atoms with Crippen LogP contribution in [0.15, 0.2) is 0 Å². The number of carboxylic acids is 1. The first kappa shape index (κ1) is 24.7. The van der Waals surface area contributed by atoms with Gasteiger partial charge in [-0.1, -0.05) is 13.8 Å². The molecule has 6 bridgehead atoms. The van der Waals surface area contributed by atoms with Crippen molar-refractivity contribution in [1.82, 2.24) is 0 Å². The first-order valence-corrected chi connectivity index (χ1v) is 14.2. The maximum Gasteiger partial charge on any atom is 0.309 e. The van der Waals surface area contributed by atoms with Crippen molar-refractivity contribution in [3.8, 4) is 0 Å². The highest BCUT2D eigenvalue weighted by atomic mass is 16.6. The lowest BCUT2D eigenvalue weighted by atomic mass is 9.48. The second kappa shape index (κ2) is 7.94. The van der Waals surface area contributed by atoms with Crippen LogP contribution in [-0.4, -0.2) is 44.9 Å². The van der Waals surface area contributed by atoms with E-state index in [1.165, 1.54) is 0 Å². The second-order valence-electron chi connectivity index (χ2n) is 14.4. The van der Waals surface area contributed by atoms with Gasteiger partial charge < -0.3 is 19.7 Å². The van der Waals surface area contributed by atoms with Crippen molar-refractivity contribution in [2.45, 2.75) is 115 Å². The molecule has 0 aliphatic heterocycles. The van der Waals surface area contributed by atoms with E-state index in [2.05, 4.69) is 0 Å². The molecule has 0 saturated heterocycles. The van der Waals surface area contributed by atoms with Gasteiger partial charge in [-0.15, -0.1) is 0 Å². The third kappa shape index (κ3) is 3.82. The average molecular weight is 503 g/mol. The fourth-order valence-corrected chi connectivity index (χ4v) is 10.3. The molecule has 7 saturated carbocycles. The lowest BCUT2D eigenvalue weighted by molar-refractivity contribution is -0.212. The summed E-state index contributed by atoms with van der Waals surface area (Å²) in [5.41, 5.74) is -2.52.